The molecule has 10 heteroatoms. The molecule has 1 amide bonds. The van der Waals surface area contributed by atoms with E-state index in [1.165, 1.54) is 16.9 Å². The van der Waals surface area contributed by atoms with E-state index in [-0.39, 0.29) is 32.0 Å². The predicted octanol–water partition coefficient (Wildman–Crippen LogP) is 0.426. The maximum atomic E-state index is 13.1. The van der Waals surface area contributed by atoms with Crippen LogP contribution >= 0.6 is 0 Å². The molecule has 0 saturated carbocycles. The molecule has 0 aromatic carbocycles. The number of methoxy groups -OCH3 is 1. The number of carbonyl (C=O) groups excluding carboxylic acids is 2. The van der Waals surface area contributed by atoms with Crippen LogP contribution in [0.1, 0.15) is 44.9 Å². The summed E-state index contributed by atoms with van der Waals surface area (Å²) in [6.07, 6.45) is 3.37. The highest BCUT2D eigenvalue weighted by Gasteiger charge is 2.54. The van der Waals surface area contributed by atoms with Crippen molar-refractivity contribution in [2.45, 2.75) is 49.7 Å². The van der Waals surface area contributed by atoms with Crippen LogP contribution in [0.25, 0.3) is 0 Å². The molecule has 0 aromatic heterocycles. The Kier molecular flexibility index (Phi) is 7.39. The minimum atomic E-state index is -3.91. The largest absolute Gasteiger partial charge is 0.469 e. The van der Waals surface area contributed by atoms with Crippen LogP contribution in [0.15, 0.2) is 0 Å². The van der Waals surface area contributed by atoms with Crippen LogP contribution in [-0.2, 0) is 29.1 Å². The van der Waals surface area contributed by atoms with Gasteiger partial charge in [-0.3, -0.25) is 14.8 Å². The molecule has 2 rings (SSSR count). The lowest BCUT2D eigenvalue weighted by molar-refractivity contribution is -0.140. The standard InChI is InChI=1S/C16H28N2O7S/c1-24-14(19)4-2-3-13-5-9-18(10-6-13)26(22,23)16(15(20)17-21)7-11-25-12-8-16/h13,21H,2-12H2,1H3,(H,17,20). The molecular weight excluding hydrogens is 364 g/mol. The Bertz CT molecular complexity index is 594. The minimum absolute atomic E-state index is 0.0286. The second kappa shape index (κ2) is 9.12. The quantitative estimate of drug-likeness (QED) is 0.366. The highest BCUT2D eigenvalue weighted by molar-refractivity contribution is 7.91. The number of sulfonamides is 1. The van der Waals surface area contributed by atoms with Gasteiger partial charge in [0, 0.05) is 45.6 Å². The van der Waals surface area contributed by atoms with Gasteiger partial charge in [-0.25, -0.2) is 18.2 Å². The third-order valence-electron chi connectivity index (χ3n) is 5.44. The summed E-state index contributed by atoms with van der Waals surface area (Å²) >= 11 is 0. The van der Waals surface area contributed by atoms with Crippen molar-refractivity contribution in [2.24, 2.45) is 5.92 Å². The number of esters is 1. The molecule has 2 aliphatic rings. The summed E-state index contributed by atoms with van der Waals surface area (Å²) in [6.45, 7) is 1.01. The van der Waals surface area contributed by atoms with E-state index in [0.717, 1.165) is 12.8 Å². The second-order valence-corrected chi connectivity index (χ2v) is 9.11. The smallest absolute Gasteiger partial charge is 0.305 e. The molecule has 0 aliphatic carbocycles. The molecule has 2 saturated heterocycles. The molecule has 0 atom stereocenters. The van der Waals surface area contributed by atoms with Crippen LogP contribution in [0.2, 0.25) is 0 Å². The average Bonchev–Trinajstić information content (AvgIpc) is 2.68. The molecule has 2 N–H and O–H groups in total. The fourth-order valence-corrected chi connectivity index (χ4v) is 5.88. The van der Waals surface area contributed by atoms with E-state index in [0.29, 0.717) is 38.3 Å². The highest BCUT2D eigenvalue weighted by atomic mass is 32.2. The Labute approximate surface area is 154 Å². The van der Waals surface area contributed by atoms with Crippen molar-refractivity contribution in [3.05, 3.63) is 0 Å². The summed E-state index contributed by atoms with van der Waals surface area (Å²) in [4.78, 5) is 23.4. The van der Waals surface area contributed by atoms with Crippen LogP contribution in [0, 0.1) is 5.92 Å². The van der Waals surface area contributed by atoms with Crippen LogP contribution in [-0.4, -0.2) is 68.0 Å². The van der Waals surface area contributed by atoms with Crippen molar-refractivity contribution in [3.8, 4) is 0 Å². The molecule has 0 aromatic rings. The second-order valence-electron chi connectivity index (χ2n) is 6.86. The monoisotopic (exact) mass is 392 g/mol. The number of ether oxygens (including phenoxy) is 2. The van der Waals surface area contributed by atoms with Crippen LogP contribution in [0.5, 0.6) is 0 Å². The molecular formula is C16H28N2O7S. The van der Waals surface area contributed by atoms with Gasteiger partial charge in [-0.2, -0.15) is 0 Å². The van der Waals surface area contributed by atoms with E-state index < -0.39 is 20.7 Å². The van der Waals surface area contributed by atoms with E-state index in [9.17, 15) is 18.0 Å². The first-order valence-electron chi connectivity index (χ1n) is 8.96. The number of hydrogen-bond acceptors (Lipinski definition) is 7. The Morgan fingerprint density at radius 2 is 1.88 bits per heavy atom. The highest BCUT2D eigenvalue weighted by Crippen LogP contribution is 2.35. The zero-order valence-electron chi connectivity index (χ0n) is 15.1. The van der Waals surface area contributed by atoms with Crippen molar-refractivity contribution < 1.29 is 32.7 Å². The van der Waals surface area contributed by atoms with Crippen molar-refractivity contribution in [1.29, 1.82) is 0 Å². The van der Waals surface area contributed by atoms with Gasteiger partial charge in [0.1, 0.15) is 0 Å². The van der Waals surface area contributed by atoms with Crippen molar-refractivity contribution in [3.63, 3.8) is 0 Å². The van der Waals surface area contributed by atoms with Gasteiger partial charge in [-0.1, -0.05) is 0 Å². The first-order chi connectivity index (χ1) is 12.4. The van der Waals surface area contributed by atoms with E-state index in [2.05, 4.69) is 4.74 Å². The van der Waals surface area contributed by atoms with Gasteiger partial charge in [0.25, 0.3) is 5.91 Å². The fraction of sp³-hybridized carbons (Fsp3) is 0.875. The number of nitrogens with zero attached hydrogens (tertiary/aromatic N) is 1. The van der Waals surface area contributed by atoms with Gasteiger partial charge in [-0.05, 0) is 31.6 Å². The SMILES string of the molecule is COC(=O)CCCC1CCN(S(=O)(=O)C2(C(=O)NO)CCOCC2)CC1. The fourth-order valence-electron chi connectivity index (χ4n) is 3.73. The third kappa shape index (κ3) is 4.36. The molecule has 150 valence electrons. The van der Waals surface area contributed by atoms with Gasteiger partial charge in [0.15, 0.2) is 4.75 Å². The van der Waals surface area contributed by atoms with Crippen molar-refractivity contribution in [1.82, 2.24) is 9.79 Å². The zero-order valence-corrected chi connectivity index (χ0v) is 15.9. The minimum Gasteiger partial charge on any atom is -0.469 e. The molecule has 0 bridgehead atoms. The number of nitrogens with one attached hydrogen (secondary N) is 1. The number of hydroxylamine groups is 1. The van der Waals surface area contributed by atoms with E-state index in [4.69, 9.17) is 9.94 Å². The molecule has 2 aliphatic heterocycles. The van der Waals surface area contributed by atoms with Gasteiger partial charge < -0.3 is 9.47 Å². The Morgan fingerprint density at radius 1 is 1.27 bits per heavy atom. The average molecular weight is 392 g/mol. The first kappa shape index (κ1) is 21.1. The maximum Gasteiger partial charge on any atom is 0.305 e. The lowest BCUT2D eigenvalue weighted by Crippen LogP contribution is -2.60. The molecule has 26 heavy (non-hydrogen) atoms. The molecule has 2 heterocycles. The molecule has 0 spiro atoms. The number of carbonyl (C=O) groups is 2. The number of piperidine rings is 1. The van der Waals surface area contributed by atoms with Crippen molar-refractivity contribution >= 4 is 21.9 Å². The third-order valence-corrected chi connectivity index (χ3v) is 8.07. The van der Waals surface area contributed by atoms with Crippen LogP contribution in [0.4, 0.5) is 0 Å². The summed E-state index contributed by atoms with van der Waals surface area (Å²) in [7, 11) is -2.55. The van der Waals surface area contributed by atoms with Crippen LogP contribution in [0.3, 0.4) is 0 Å². The van der Waals surface area contributed by atoms with E-state index in [1.54, 1.807) is 0 Å². The molecule has 0 radical (unpaired) electrons. The summed E-state index contributed by atoms with van der Waals surface area (Å²) in [6, 6.07) is 0. The summed E-state index contributed by atoms with van der Waals surface area (Å²) < 4.78 is 35.8. The Balaban J connectivity index is 1.97. The van der Waals surface area contributed by atoms with E-state index in [1.807, 2.05) is 0 Å². The molecule has 2 fully saturated rings. The number of amides is 1. The zero-order chi connectivity index (χ0) is 19.2. The Hall–Kier alpha value is -1.23. The number of rotatable bonds is 7. The van der Waals surface area contributed by atoms with Gasteiger partial charge >= 0.3 is 5.97 Å². The summed E-state index contributed by atoms with van der Waals surface area (Å²) in [5.41, 5.74) is 1.53. The summed E-state index contributed by atoms with van der Waals surface area (Å²) in [5.74, 6) is -0.772. The van der Waals surface area contributed by atoms with Crippen LogP contribution < -0.4 is 5.48 Å². The summed E-state index contributed by atoms with van der Waals surface area (Å²) in [5, 5.41) is 9.06. The Morgan fingerprint density at radius 3 is 2.42 bits per heavy atom. The van der Waals surface area contributed by atoms with Crippen molar-refractivity contribution in [2.75, 3.05) is 33.4 Å². The van der Waals surface area contributed by atoms with Gasteiger partial charge in [-0.15, -0.1) is 0 Å². The van der Waals surface area contributed by atoms with E-state index >= 15 is 0 Å². The lowest BCUT2D eigenvalue weighted by atomic mass is 9.92. The molecule has 9 nitrogen and oxygen atoms in total. The van der Waals surface area contributed by atoms with Gasteiger partial charge in [0.2, 0.25) is 10.0 Å². The first-order valence-corrected chi connectivity index (χ1v) is 10.4. The number of hydrogen-bond donors (Lipinski definition) is 2. The maximum absolute atomic E-state index is 13.1. The topological polar surface area (TPSA) is 122 Å². The van der Waals surface area contributed by atoms with Gasteiger partial charge in [0.05, 0.1) is 7.11 Å². The normalized spacial score (nSPS) is 21.9. The molecule has 0 unspecified atom stereocenters. The predicted molar refractivity (Wildman–Crippen MR) is 91.8 cm³/mol. The lowest BCUT2D eigenvalue weighted by Gasteiger charge is -2.40.